The molecule has 0 spiro atoms. The van der Waals surface area contributed by atoms with Gasteiger partial charge in [0.2, 0.25) is 11.6 Å². The minimum atomic E-state index is -0.853. The fraction of sp³-hybridized carbons (Fsp3) is 0.481. The van der Waals surface area contributed by atoms with Crippen molar-refractivity contribution in [3.63, 3.8) is 0 Å². The third-order valence-corrected chi connectivity index (χ3v) is 7.43. The van der Waals surface area contributed by atoms with E-state index in [9.17, 15) is 14.4 Å². The number of nitriles is 1. The number of amides is 1. The largest absolute Gasteiger partial charge is 0.368 e. The van der Waals surface area contributed by atoms with Gasteiger partial charge in [-0.25, -0.2) is 14.2 Å². The molecule has 190 valence electrons. The van der Waals surface area contributed by atoms with E-state index in [1.807, 2.05) is 6.92 Å². The molecule has 36 heavy (non-hydrogen) atoms. The SMILES string of the molecule is [C-]#[N+]c1c(N2CCC(NCC(C)(C)C)CC2)nc(SC(C(N)=O)c2ccc(F)cc2)c(C#N)c1CC. The summed E-state index contributed by atoms with van der Waals surface area (Å²) in [5.41, 5.74) is 7.72. The van der Waals surface area contributed by atoms with Crippen molar-refractivity contribution in [3.05, 3.63) is 58.2 Å². The number of anilines is 1. The zero-order valence-electron chi connectivity index (χ0n) is 21.3. The van der Waals surface area contributed by atoms with Gasteiger partial charge in [-0.05, 0) is 47.9 Å². The first-order valence-corrected chi connectivity index (χ1v) is 13.0. The maximum absolute atomic E-state index is 13.5. The van der Waals surface area contributed by atoms with Crippen molar-refractivity contribution in [1.82, 2.24) is 10.3 Å². The van der Waals surface area contributed by atoms with E-state index in [-0.39, 0.29) is 11.0 Å². The Morgan fingerprint density at radius 1 is 1.36 bits per heavy atom. The molecule has 1 amide bonds. The second-order valence-electron chi connectivity index (χ2n) is 10.2. The van der Waals surface area contributed by atoms with Crippen LogP contribution in [0.2, 0.25) is 0 Å². The Kier molecular flexibility index (Phi) is 8.94. The minimum absolute atomic E-state index is 0.201. The van der Waals surface area contributed by atoms with Gasteiger partial charge in [-0.15, -0.1) is 0 Å². The summed E-state index contributed by atoms with van der Waals surface area (Å²) in [6.07, 6.45) is 2.31. The number of nitrogens with zero attached hydrogens (tertiary/aromatic N) is 4. The van der Waals surface area contributed by atoms with Crippen LogP contribution in [0.15, 0.2) is 29.3 Å². The molecule has 7 nitrogen and oxygen atoms in total. The van der Waals surface area contributed by atoms with E-state index in [1.54, 1.807) is 0 Å². The number of hydrogen-bond donors (Lipinski definition) is 2. The van der Waals surface area contributed by atoms with Gasteiger partial charge in [0, 0.05) is 25.7 Å². The zero-order chi connectivity index (χ0) is 26.5. The summed E-state index contributed by atoms with van der Waals surface area (Å²) < 4.78 is 13.5. The van der Waals surface area contributed by atoms with Gasteiger partial charge in [0.25, 0.3) is 0 Å². The summed E-state index contributed by atoms with van der Waals surface area (Å²) in [4.78, 5) is 23.0. The smallest absolute Gasteiger partial charge is 0.235 e. The lowest BCUT2D eigenvalue weighted by molar-refractivity contribution is -0.117. The highest BCUT2D eigenvalue weighted by atomic mass is 32.2. The molecule has 1 unspecified atom stereocenters. The van der Waals surface area contributed by atoms with Crippen LogP contribution in [0.25, 0.3) is 4.85 Å². The third kappa shape index (κ3) is 6.54. The van der Waals surface area contributed by atoms with Crippen LogP contribution in [-0.4, -0.2) is 36.6 Å². The van der Waals surface area contributed by atoms with E-state index in [0.29, 0.717) is 40.1 Å². The number of carbonyl (C=O) groups is 1. The average Bonchev–Trinajstić information content (AvgIpc) is 2.85. The Labute approximate surface area is 217 Å². The summed E-state index contributed by atoms with van der Waals surface area (Å²) in [6, 6.07) is 8.15. The number of nitrogens with two attached hydrogens (primary N) is 1. The Balaban J connectivity index is 1.95. The van der Waals surface area contributed by atoms with E-state index in [2.05, 4.69) is 41.9 Å². The second-order valence-corrected chi connectivity index (χ2v) is 11.3. The van der Waals surface area contributed by atoms with Crippen molar-refractivity contribution >= 4 is 29.2 Å². The molecule has 1 saturated heterocycles. The van der Waals surface area contributed by atoms with Crippen LogP contribution >= 0.6 is 11.8 Å². The zero-order valence-corrected chi connectivity index (χ0v) is 22.1. The van der Waals surface area contributed by atoms with Crippen molar-refractivity contribution < 1.29 is 9.18 Å². The van der Waals surface area contributed by atoms with Gasteiger partial charge in [0.05, 0.1) is 12.1 Å². The summed E-state index contributed by atoms with van der Waals surface area (Å²) in [5, 5.41) is 13.1. The van der Waals surface area contributed by atoms with Gasteiger partial charge in [-0.2, -0.15) is 5.26 Å². The number of piperidine rings is 1. The number of thioether (sulfide) groups is 1. The van der Waals surface area contributed by atoms with Crippen molar-refractivity contribution in [1.29, 1.82) is 5.26 Å². The molecule has 1 aliphatic rings. The fourth-order valence-electron chi connectivity index (χ4n) is 4.26. The van der Waals surface area contributed by atoms with Crippen LogP contribution in [-0.2, 0) is 11.2 Å². The third-order valence-electron chi connectivity index (χ3n) is 6.17. The number of pyridine rings is 1. The molecular weight excluding hydrogens is 475 g/mol. The van der Waals surface area contributed by atoms with Gasteiger partial charge in [0.15, 0.2) is 0 Å². The van der Waals surface area contributed by atoms with E-state index in [0.717, 1.165) is 44.2 Å². The van der Waals surface area contributed by atoms with Gasteiger partial charge in [-0.1, -0.05) is 51.6 Å². The van der Waals surface area contributed by atoms with Crippen molar-refractivity contribution in [2.24, 2.45) is 11.1 Å². The Hall–Kier alpha value is -3.14. The molecule has 2 heterocycles. The molecule has 1 fully saturated rings. The molecule has 3 N–H and O–H groups in total. The van der Waals surface area contributed by atoms with Crippen LogP contribution in [0.5, 0.6) is 0 Å². The first kappa shape index (κ1) is 27.4. The number of halogens is 1. The molecular formula is C27H33FN6OS. The fourth-order valence-corrected chi connectivity index (χ4v) is 5.31. The highest BCUT2D eigenvalue weighted by molar-refractivity contribution is 8.00. The molecule has 9 heteroatoms. The maximum atomic E-state index is 13.5. The highest BCUT2D eigenvalue weighted by Gasteiger charge is 2.29. The number of aromatic nitrogens is 1. The first-order chi connectivity index (χ1) is 17.1. The monoisotopic (exact) mass is 508 g/mol. The van der Waals surface area contributed by atoms with Crippen LogP contribution in [0, 0.1) is 29.1 Å². The predicted octanol–water partition coefficient (Wildman–Crippen LogP) is 5.13. The van der Waals surface area contributed by atoms with Crippen molar-refractivity contribution in [2.45, 2.75) is 63.3 Å². The van der Waals surface area contributed by atoms with Crippen LogP contribution < -0.4 is 16.0 Å². The van der Waals surface area contributed by atoms with Crippen molar-refractivity contribution in [2.75, 3.05) is 24.5 Å². The van der Waals surface area contributed by atoms with Crippen LogP contribution in [0.1, 0.15) is 62.5 Å². The summed E-state index contributed by atoms with van der Waals surface area (Å²) in [6.45, 7) is 18.7. The van der Waals surface area contributed by atoms with Gasteiger partial charge >= 0.3 is 0 Å². The topological polar surface area (TPSA) is 99.4 Å². The Morgan fingerprint density at radius 3 is 2.50 bits per heavy atom. The lowest BCUT2D eigenvalue weighted by Gasteiger charge is -2.35. The van der Waals surface area contributed by atoms with E-state index in [1.165, 1.54) is 24.3 Å². The van der Waals surface area contributed by atoms with E-state index < -0.39 is 17.0 Å². The Morgan fingerprint density at radius 2 is 2.00 bits per heavy atom. The molecule has 1 aliphatic heterocycles. The summed E-state index contributed by atoms with van der Waals surface area (Å²) >= 11 is 1.07. The van der Waals surface area contributed by atoms with Crippen LogP contribution in [0.4, 0.5) is 15.9 Å². The first-order valence-electron chi connectivity index (χ1n) is 12.1. The molecule has 2 aromatic rings. The average molecular weight is 509 g/mol. The molecule has 0 saturated carbocycles. The number of carbonyl (C=O) groups excluding carboxylic acids is 1. The summed E-state index contributed by atoms with van der Waals surface area (Å²) in [7, 11) is 0. The Bertz CT molecular complexity index is 1170. The quantitative estimate of drug-likeness (QED) is 0.379. The molecule has 1 aromatic heterocycles. The van der Waals surface area contributed by atoms with E-state index in [4.69, 9.17) is 17.3 Å². The lowest BCUT2D eigenvalue weighted by atomic mass is 9.95. The number of nitrogens with one attached hydrogen (secondary N) is 1. The van der Waals surface area contributed by atoms with Gasteiger partial charge < -0.3 is 16.0 Å². The molecule has 3 rings (SSSR count). The number of benzene rings is 1. The number of primary amides is 1. The predicted molar refractivity (Wildman–Crippen MR) is 141 cm³/mol. The molecule has 0 bridgehead atoms. The van der Waals surface area contributed by atoms with Gasteiger partial charge in [0.1, 0.15) is 28.0 Å². The molecule has 1 aromatic carbocycles. The second kappa shape index (κ2) is 11.7. The standard InChI is InChI=1S/C27H33FN6OS/c1-6-20-21(15-29)26(36-23(24(30)35)17-7-9-18(28)10-8-17)33-25(22(20)31-5)34-13-11-19(12-14-34)32-16-27(2,3)4/h7-10,19,23,32H,6,11-14,16H2,1-4H3,(H2,30,35). The minimum Gasteiger partial charge on any atom is -0.368 e. The maximum Gasteiger partial charge on any atom is 0.235 e. The lowest BCUT2D eigenvalue weighted by Crippen LogP contribution is -2.45. The number of rotatable bonds is 8. The molecule has 0 radical (unpaired) electrons. The molecule has 0 aliphatic carbocycles. The van der Waals surface area contributed by atoms with E-state index >= 15 is 0 Å². The highest BCUT2D eigenvalue weighted by Crippen LogP contribution is 2.43. The summed E-state index contributed by atoms with van der Waals surface area (Å²) in [5.74, 6) is -0.489. The van der Waals surface area contributed by atoms with Crippen LogP contribution in [0.3, 0.4) is 0 Å². The van der Waals surface area contributed by atoms with Gasteiger partial charge in [-0.3, -0.25) is 4.79 Å². The normalized spacial score (nSPS) is 15.2. The van der Waals surface area contributed by atoms with Crippen molar-refractivity contribution in [3.8, 4) is 6.07 Å². The number of hydrogen-bond acceptors (Lipinski definition) is 6. The molecule has 1 atom stereocenters.